The molecule has 0 saturated heterocycles. The average Bonchev–Trinajstić information content (AvgIpc) is 2.29. The molecule has 0 aromatic heterocycles. The van der Waals surface area contributed by atoms with E-state index in [1.54, 1.807) is 8.87 Å². The Morgan fingerprint density at radius 2 is 1.50 bits per heavy atom. The molecule has 0 saturated carbocycles. The quantitative estimate of drug-likeness (QED) is 0.428. The van der Waals surface area contributed by atoms with Crippen molar-refractivity contribution in [3.63, 3.8) is 0 Å². The van der Waals surface area contributed by atoms with Crippen LogP contribution in [0.4, 0.5) is 0 Å². The van der Waals surface area contributed by atoms with E-state index in [1.165, 1.54) is 25.7 Å². The Balaban J connectivity index is 0. The third-order valence-corrected chi connectivity index (χ3v) is 6.10. The summed E-state index contributed by atoms with van der Waals surface area (Å²) in [5.74, 6) is -2.85. The molecule has 0 aromatic rings. The van der Waals surface area contributed by atoms with E-state index in [-0.39, 0.29) is 21.1 Å². The van der Waals surface area contributed by atoms with E-state index in [1.807, 2.05) is 0 Å². The van der Waals surface area contributed by atoms with Crippen molar-refractivity contribution in [2.45, 2.75) is 60.9 Å². The summed E-state index contributed by atoms with van der Waals surface area (Å²) in [7, 11) is 0. The van der Waals surface area contributed by atoms with Crippen LogP contribution in [-0.2, 0) is 9.59 Å². The first kappa shape index (κ1) is 20.0. The molecule has 18 heavy (non-hydrogen) atoms. The molecule has 1 atom stereocenters. The number of hydrogen-bond acceptors (Lipinski definition) is 3. The zero-order chi connectivity index (χ0) is 14.4. The average molecular weight is 367 g/mol. The number of carboxylic acid groups (broad SMARTS) is 2. The largest absolute Gasteiger partial charge is 0.481 e. The molecule has 0 bridgehead atoms. The van der Waals surface area contributed by atoms with E-state index < -0.39 is 24.5 Å². The second-order valence-corrected chi connectivity index (χ2v) is 8.19. The van der Waals surface area contributed by atoms with E-state index in [2.05, 4.69) is 13.8 Å². The molecule has 1 unspecified atom stereocenters. The normalized spacial score (nSPS) is 11.3. The van der Waals surface area contributed by atoms with Gasteiger partial charge in [-0.1, -0.05) is 0 Å². The maximum Gasteiger partial charge on any atom is 0.333 e. The number of hydrogen-bond donors (Lipinski definition) is 3. The van der Waals surface area contributed by atoms with Gasteiger partial charge in [0, 0.05) is 0 Å². The predicted octanol–water partition coefficient (Wildman–Crippen LogP) is 2.03. The minimum atomic E-state index is -1.79. The third-order valence-electron chi connectivity index (χ3n) is 2.07. The van der Waals surface area contributed by atoms with E-state index >= 15 is 0 Å². The van der Waals surface area contributed by atoms with Crippen molar-refractivity contribution in [1.29, 1.82) is 0 Å². The fraction of sp³-hybridized carbons (Fsp3) is 0.833. The van der Waals surface area contributed by atoms with E-state index in [0.29, 0.717) is 0 Å². The molecule has 0 aliphatic carbocycles. The Morgan fingerprint density at radius 3 is 1.72 bits per heavy atom. The second kappa shape index (κ2) is 14.8. The molecule has 0 rings (SSSR count). The van der Waals surface area contributed by atoms with Crippen molar-refractivity contribution < 1.29 is 24.9 Å². The van der Waals surface area contributed by atoms with Gasteiger partial charge in [0.15, 0.2) is 6.10 Å². The topological polar surface area (TPSA) is 94.8 Å². The fourth-order valence-corrected chi connectivity index (χ4v) is 5.14. The van der Waals surface area contributed by atoms with Crippen molar-refractivity contribution in [2.24, 2.45) is 0 Å². The monoisotopic (exact) mass is 368 g/mol. The van der Waals surface area contributed by atoms with Crippen molar-refractivity contribution >= 4 is 33.1 Å². The Bertz CT molecular complexity index is 215. The number of rotatable bonds is 9. The van der Waals surface area contributed by atoms with Crippen molar-refractivity contribution in [3.05, 3.63) is 0 Å². The molecular formula is C12H24O5Sn. The fourth-order valence-electron chi connectivity index (χ4n) is 0.981. The summed E-state index contributed by atoms with van der Waals surface area (Å²) >= 11 is 0.149. The number of aliphatic hydroxyl groups is 1. The van der Waals surface area contributed by atoms with Crippen LogP contribution in [0.15, 0.2) is 0 Å². The van der Waals surface area contributed by atoms with Gasteiger partial charge in [-0.25, -0.2) is 4.79 Å². The Hall–Kier alpha value is -0.301. The van der Waals surface area contributed by atoms with Gasteiger partial charge in [0.25, 0.3) is 0 Å². The minimum Gasteiger partial charge on any atom is -0.481 e. The Labute approximate surface area is 119 Å². The molecule has 0 amide bonds. The van der Waals surface area contributed by atoms with Crippen molar-refractivity contribution in [3.8, 4) is 0 Å². The van der Waals surface area contributed by atoms with Crippen LogP contribution in [0, 0.1) is 0 Å². The van der Waals surface area contributed by atoms with Gasteiger partial charge in [-0.2, -0.15) is 0 Å². The molecule has 0 aliphatic rings. The molecule has 0 aliphatic heterocycles. The third kappa shape index (κ3) is 18.1. The molecule has 106 valence electrons. The van der Waals surface area contributed by atoms with Crippen LogP contribution in [0.2, 0.25) is 8.87 Å². The summed E-state index contributed by atoms with van der Waals surface area (Å²) in [5.41, 5.74) is 0. The SMILES string of the molecule is CCC[CH2][Sn][CH2]CCC.O=C(O)CC(O)C(=O)O. The molecule has 0 aromatic carbocycles. The van der Waals surface area contributed by atoms with Crippen LogP contribution < -0.4 is 0 Å². The zero-order valence-corrected chi connectivity index (χ0v) is 14.0. The van der Waals surface area contributed by atoms with Crippen molar-refractivity contribution in [1.82, 2.24) is 0 Å². The van der Waals surface area contributed by atoms with Gasteiger partial charge in [-0.15, -0.1) is 0 Å². The predicted molar refractivity (Wildman–Crippen MR) is 71.1 cm³/mol. The summed E-state index contributed by atoms with van der Waals surface area (Å²) in [4.78, 5) is 19.4. The van der Waals surface area contributed by atoms with Crippen LogP contribution in [0.25, 0.3) is 0 Å². The van der Waals surface area contributed by atoms with Gasteiger partial charge in [-0.05, 0) is 0 Å². The van der Waals surface area contributed by atoms with Crippen molar-refractivity contribution in [2.75, 3.05) is 0 Å². The standard InChI is InChI=1S/C4H6O5.2C4H9.Sn/c5-2(4(8)9)1-3(6)7;2*1-3-4-2;/h2,5H,1H2,(H,6,7)(H,8,9);2*1,3-4H2,2H3;. The maximum absolute atomic E-state index is 9.72. The minimum absolute atomic E-state index is 0.149. The number of carbonyl (C=O) groups is 2. The molecule has 0 fully saturated rings. The van der Waals surface area contributed by atoms with E-state index in [4.69, 9.17) is 15.3 Å². The van der Waals surface area contributed by atoms with Crippen LogP contribution in [0.3, 0.4) is 0 Å². The molecule has 5 nitrogen and oxygen atoms in total. The summed E-state index contributed by atoms with van der Waals surface area (Å²) in [6, 6.07) is 0. The maximum atomic E-state index is 9.72. The molecule has 3 N–H and O–H groups in total. The zero-order valence-electron chi connectivity index (χ0n) is 11.2. The van der Waals surface area contributed by atoms with Gasteiger partial charge in [0.05, 0.1) is 6.42 Å². The molecule has 0 heterocycles. The molecule has 6 heteroatoms. The smallest absolute Gasteiger partial charge is 0.333 e. The first-order chi connectivity index (χ1) is 8.45. The van der Waals surface area contributed by atoms with Crippen LogP contribution in [0.5, 0.6) is 0 Å². The van der Waals surface area contributed by atoms with Gasteiger partial charge < -0.3 is 15.3 Å². The first-order valence-electron chi connectivity index (χ1n) is 6.29. The molecule has 2 radical (unpaired) electrons. The number of aliphatic hydroxyl groups excluding tert-OH is 1. The van der Waals surface area contributed by atoms with Gasteiger partial charge in [-0.3, -0.25) is 4.79 Å². The first-order valence-corrected chi connectivity index (χ1v) is 10.3. The number of carboxylic acids is 2. The van der Waals surface area contributed by atoms with Crippen LogP contribution in [-0.4, -0.2) is 54.5 Å². The number of aliphatic carboxylic acids is 2. The molecule has 0 spiro atoms. The summed E-state index contributed by atoms with van der Waals surface area (Å²) in [6.45, 7) is 4.58. The van der Waals surface area contributed by atoms with Crippen LogP contribution in [0.1, 0.15) is 46.0 Å². The van der Waals surface area contributed by atoms with Gasteiger partial charge in [0.1, 0.15) is 0 Å². The second-order valence-electron chi connectivity index (χ2n) is 3.91. The van der Waals surface area contributed by atoms with Crippen LogP contribution >= 0.6 is 0 Å². The van der Waals surface area contributed by atoms with Gasteiger partial charge in [0.2, 0.25) is 0 Å². The number of unbranched alkanes of at least 4 members (excludes halogenated alkanes) is 2. The Kier molecular flexibility index (Phi) is 16.4. The summed E-state index contributed by atoms with van der Waals surface area (Å²) < 4.78 is 3.25. The van der Waals surface area contributed by atoms with Gasteiger partial charge >= 0.3 is 81.5 Å². The van der Waals surface area contributed by atoms with E-state index in [0.717, 1.165) is 0 Å². The molecular weight excluding hydrogens is 343 g/mol. The van der Waals surface area contributed by atoms with E-state index in [9.17, 15) is 9.59 Å². The Morgan fingerprint density at radius 1 is 1.06 bits per heavy atom. The summed E-state index contributed by atoms with van der Waals surface area (Å²) in [5, 5.41) is 24.1. The summed E-state index contributed by atoms with van der Waals surface area (Å²) in [6.07, 6.45) is 3.29.